The normalized spacial score (nSPS) is 44.6. The molecule has 0 spiro atoms. The molecule has 62 valence electrons. The lowest BCUT2D eigenvalue weighted by Gasteiger charge is -2.30. The molecule has 0 aromatic rings. The maximum atomic E-state index is 5.70. The predicted octanol–water partition coefficient (Wildman–Crippen LogP) is 1.62. The van der Waals surface area contributed by atoms with Gasteiger partial charge in [0, 0.05) is 11.8 Å². The van der Waals surface area contributed by atoms with Gasteiger partial charge in [0.2, 0.25) is 0 Å². The Hall–Kier alpha value is 0.375. The molecule has 0 aromatic carbocycles. The molecule has 2 radical (unpaired) electrons. The van der Waals surface area contributed by atoms with Crippen LogP contribution in [0.1, 0.15) is 26.7 Å². The summed E-state index contributed by atoms with van der Waals surface area (Å²) in [6, 6.07) is -0.0721. The van der Waals surface area contributed by atoms with E-state index in [1.165, 1.54) is 0 Å². The molecule has 1 nitrogen and oxygen atoms in total. The molecule has 0 bridgehead atoms. The van der Waals surface area contributed by atoms with Crippen LogP contribution in [0.25, 0.3) is 0 Å². The van der Waals surface area contributed by atoms with Crippen molar-refractivity contribution in [3.05, 3.63) is 0 Å². The van der Waals surface area contributed by atoms with Gasteiger partial charge >= 0.3 is 0 Å². The van der Waals surface area contributed by atoms with Crippen LogP contribution >= 0.6 is 12.6 Å². The lowest BCUT2D eigenvalue weighted by atomic mass is 9.85. The lowest BCUT2D eigenvalue weighted by molar-refractivity contribution is -0.0141. The molecule has 1 heterocycles. The summed E-state index contributed by atoms with van der Waals surface area (Å²) in [7, 11) is 5.70. The highest BCUT2D eigenvalue weighted by Crippen LogP contribution is 2.38. The molecule has 0 saturated carbocycles. The molecule has 0 N–H and O–H groups in total. The van der Waals surface area contributed by atoms with Gasteiger partial charge in [-0.15, -0.1) is 0 Å². The van der Waals surface area contributed by atoms with Gasteiger partial charge in [-0.1, -0.05) is 13.8 Å². The molecule has 0 aliphatic carbocycles. The second kappa shape index (κ2) is 3.40. The molecule has 3 atom stereocenters. The van der Waals surface area contributed by atoms with E-state index in [1.54, 1.807) is 0 Å². The molecule has 1 unspecified atom stereocenters. The molecule has 3 heteroatoms. The average molecular weight is 170 g/mol. The monoisotopic (exact) mass is 170 g/mol. The Balaban J connectivity index is 2.67. The smallest absolute Gasteiger partial charge is 0.109 e. The molecule has 11 heavy (non-hydrogen) atoms. The Morgan fingerprint density at radius 3 is 2.55 bits per heavy atom. The van der Waals surface area contributed by atoms with Crippen LogP contribution in [0.15, 0.2) is 0 Å². The van der Waals surface area contributed by atoms with Gasteiger partial charge in [-0.3, -0.25) is 0 Å². The third-order valence-corrected chi connectivity index (χ3v) is 3.27. The van der Waals surface area contributed by atoms with E-state index in [2.05, 4.69) is 26.5 Å². The van der Waals surface area contributed by atoms with E-state index in [1.807, 2.05) is 0 Å². The summed E-state index contributed by atoms with van der Waals surface area (Å²) < 4.78 is 5.66. The summed E-state index contributed by atoms with van der Waals surface area (Å²) in [5.74, 6) is 1.32. The van der Waals surface area contributed by atoms with Crippen molar-refractivity contribution in [3.8, 4) is 0 Å². The SMILES string of the molecule is [B][C@H]1CC(C)[C@](CC)(CS)O1. The first-order chi connectivity index (χ1) is 5.14. The fourth-order valence-corrected chi connectivity index (χ4v) is 2.38. The molecule has 1 rings (SSSR count). The summed E-state index contributed by atoms with van der Waals surface area (Å²) in [4.78, 5) is 0. The quantitative estimate of drug-likeness (QED) is 0.489. The maximum Gasteiger partial charge on any atom is 0.109 e. The first-order valence-corrected chi connectivity index (χ1v) is 4.82. The number of rotatable bonds is 2. The van der Waals surface area contributed by atoms with E-state index in [-0.39, 0.29) is 11.6 Å². The van der Waals surface area contributed by atoms with Gasteiger partial charge in [-0.25, -0.2) is 0 Å². The van der Waals surface area contributed by atoms with Crippen molar-refractivity contribution in [2.45, 2.75) is 38.3 Å². The second-order valence-electron chi connectivity index (χ2n) is 3.37. The van der Waals surface area contributed by atoms with Crippen LogP contribution in [0, 0.1) is 5.92 Å². The average Bonchev–Trinajstić information content (AvgIpc) is 2.27. The van der Waals surface area contributed by atoms with Gasteiger partial charge in [-0.05, 0) is 18.8 Å². The first kappa shape index (κ1) is 9.46. The number of hydrogen-bond acceptors (Lipinski definition) is 2. The second-order valence-corrected chi connectivity index (χ2v) is 3.69. The minimum absolute atomic E-state index is 0.0530. The lowest BCUT2D eigenvalue weighted by Crippen LogP contribution is -2.35. The van der Waals surface area contributed by atoms with Crippen molar-refractivity contribution < 1.29 is 4.74 Å². The molecule has 1 fully saturated rings. The minimum Gasteiger partial charge on any atom is -0.380 e. The van der Waals surface area contributed by atoms with E-state index in [9.17, 15) is 0 Å². The van der Waals surface area contributed by atoms with Gasteiger partial charge in [0.1, 0.15) is 7.85 Å². The molecular weight excluding hydrogens is 155 g/mol. The highest BCUT2D eigenvalue weighted by molar-refractivity contribution is 7.80. The summed E-state index contributed by atoms with van der Waals surface area (Å²) in [5.41, 5.74) is -0.0530. The fraction of sp³-hybridized carbons (Fsp3) is 1.00. The highest BCUT2D eigenvalue weighted by Gasteiger charge is 2.41. The molecule has 0 aromatic heterocycles. The van der Waals surface area contributed by atoms with Gasteiger partial charge in [0.25, 0.3) is 0 Å². The zero-order valence-corrected chi connectivity index (χ0v) is 8.10. The molecule has 1 saturated heterocycles. The Morgan fingerprint density at radius 2 is 2.36 bits per heavy atom. The van der Waals surface area contributed by atoms with Crippen molar-refractivity contribution in [3.63, 3.8) is 0 Å². The fourth-order valence-electron chi connectivity index (χ4n) is 1.77. The Morgan fingerprint density at radius 1 is 1.73 bits per heavy atom. The van der Waals surface area contributed by atoms with Crippen LogP contribution < -0.4 is 0 Å². The van der Waals surface area contributed by atoms with Crippen molar-refractivity contribution in [1.29, 1.82) is 0 Å². The largest absolute Gasteiger partial charge is 0.380 e. The highest BCUT2D eigenvalue weighted by atomic mass is 32.1. The van der Waals surface area contributed by atoms with Crippen molar-refractivity contribution in [1.82, 2.24) is 0 Å². The zero-order valence-electron chi connectivity index (χ0n) is 7.21. The van der Waals surface area contributed by atoms with Crippen LogP contribution in [0.3, 0.4) is 0 Å². The van der Waals surface area contributed by atoms with Crippen LogP contribution in [0.2, 0.25) is 0 Å². The third kappa shape index (κ3) is 1.59. The Labute approximate surface area is 75.7 Å². The minimum atomic E-state index is -0.0721. The van der Waals surface area contributed by atoms with Gasteiger partial charge in [-0.2, -0.15) is 12.6 Å². The van der Waals surface area contributed by atoms with Crippen molar-refractivity contribution in [2.24, 2.45) is 5.92 Å². The number of ether oxygens (including phenoxy) is 1. The van der Waals surface area contributed by atoms with Gasteiger partial charge < -0.3 is 4.74 Å². The van der Waals surface area contributed by atoms with E-state index < -0.39 is 0 Å². The topological polar surface area (TPSA) is 9.23 Å². The van der Waals surface area contributed by atoms with E-state index in [0.717, 1.165) is 18.6 Å². The van der Waals surface area contributed by atoms with Crippen LogP contribution in [-0.2, 0) is 4.74 Å². The third-order valence-electron chi connectivity index (χ3n) is 2.74. The standard InChI is InChI=1S/C8H15BOS/c1-3-8(5-11)6(2)4-7(9)10-8/h6-7,11H,3-5H2,1-2H3/t6?,7-,8+/m1/s1. The van der Waals surface area contributed by atoms with Crippen molar-refractivity contribution in [2.75, 3.05) is 5.75 Å². The molecular formula is C8H15BOS. The summed E-state index contributed by atoms with van der Waals surface area (Å²) >= 11 is 4.30. The van der Waals surface area contributed by atoms with Crippen LogP contribution in [0.5, 0.6) is 0 Å². The molecule has 1 aliphatic heterocycles. The first-order valence-electron chi connectivity index (χ1n) is 4.19. The van der Waals surface area contributed by atoms with Gasteiger partial charge in [0.05, 0.1) is 5.60 Å². The summed E-state index contributed by atoms with van der Waals surface area (Å²) in [6.07, 6.45) is 1.97. The van der Waals surface area contributed by atoms with Crippen molar-refractivity contribution >= 4 is 20.5 Å². The summed E-state index contributed by atoms with van der Waals surface area (Å²) in [5, 5.41) is 0. The van der Waals surface area contributed by atoms with E-state index >= 15 is 0 Å². The molecule has 0 amide bonds. The van der Waals surface area contributed by atoms with E-state index in [4.69, 9.17) is 12.6 Å². The summed E-state index contributed by atoms with van der Waals surface area (Å²) in [6.45, 7) is 4.32. The predicted molar refractivity (Wildman–Crippen MR) is 51.3 cm³/mol. The van der Waals surface area contributed by atoms with Crippen LogP contribution in [-0.4, -0.2) is 25.2 Å². The number of hydrogen-bond donors (Lipinski definition) is 1. The number of thiol groups is 1. The maximum absolute atomic E-state index is 5.70. The van der Waals surface area contributed by atoms with E-state index in [0.29, 0.717) is 5.92 Å². The van der Waals surface area contributed by atoms with Crippen LogP contribution in [0.4, 0.5) is 0 Å². The molecule has 1 aliphatic rings. The Kier molecular flexibility index (Phi) is 2.93. The van der Waals surface area contributed by atoms with Gasteiger partial charge in [0.15, 0.2) is 0 Å². The Bertz CT molecular complexity index is 136. The zero-order chi connectivity index (χ0) is 8.48.